The number of carbonyl (C=O) groups is 1. The number of anilines is 1. The van der Waals surface area contributed by atoms with Crippen molar-refractivity contribution in [2.45, 2.75) is 64.3 Å². The Balaban J connectivity index is 1.68. The van der Waals surface area contributed by atoms with Crippen LogP contribution in [0.1, 0.15) is 63.6 Å². The monoisotopic (exact) mass is 554 g/mol. The summed E-state index contributed by atoms with van der Waals surface area (Å²) in [6, 6.07) is 11.3. The maximum absolute atomic E-state index is 14.1. The van der Waals surface area contributed by atoms with Crippen molar-refractivity contribution >= 4 is 23.7 Å². The lowest BCUT2D eigenvalue weighted by molar-refractivity contribution is -0.139. The molecular formula is C29H35FN4O4S. The molecule has 1 unspecified atom stereocenters. The number of nitrogens with zero attached hydrogens (tertiary/aromatic N) is 3. The summed E-state index contributed by atoms with van der Waals surface area (Å²) in [5.41, 5.74) is 2.31. The second-order valence-corrected chi connectivity index (χ2v) is 10.3. The number of methoxy groups -OCH3 is 1. The summed E-state index contributed by atoms with van der Waals surface area (Å²) in [6.07, 6.45) is 3.85. The minimum absolute atomic E-state index is 0.0509. The standard InChI is InChI=1S/C29H35FN4O4S/c1-5-7-15-37-27(35)25-19(3)31-28-32-29(39-16-8-6-2)33-34(28)26(25)20-13-14-23(24(17-20)36-4)38-18-21-11-9-10-12-22(21)30/h9-14,17,26H,5-8,15-16,18H2,1-4H3,(H,31,32,33). The van der Waals surface area contributed by atoms with E-state index in [0.717, 1.165) is 37.0 Å². The molecule has 1 N–H and O–H groups in total. The molecule has 0 bridgehead atoms. The topological polar surface area (TPSA) is 87.5 Å². The normalized spacial score (nSPS) is 14.5. The number of hydrogen-bond donors (Lipinski definition) is 1. The van der Waals surface area contributed by atoms with E-state index in [-0.39, 0.29) is 12.4 Å². The number of thioether (sulfide) groups is 1. The van der Waals surface area contributed by atoms with E-state index in [4.69, 9.17) is 19.3 Å². The third-order valence-electron chi connectivity index (χ3n) is 6.36. The van der Waals surface area contributed by atoms with Crippen molar-refractivity contribution < 1.29 is 23.4 Å². The molecule has 1 atom stereocenters. The molecule has 2 aromatic carbocycles. The summed E-state index contributed by atoms with van der Waals surface area (Å²) in [5, 5.41) is 8.64. The first-order chi connectivity index (χ1) is 19.0. The minimum Gasteiger partial charge on any atom is -0.493 e. The van der Waals surface area contributed by atoms with Crippen LogP contribution >= 0.6 is 11.8 Å². The van der Waals surface area contributed by atoms with Crippen molar-refractivity contribution in [1.82, 2.24) is 14.8 Å². The fourth-order valence-corrected chi connectivity index (χ4v) is 5.12. The summed E-state index contributed by atoms with van der Waals surface area (Å²) in [6.45, 7) is 6.42. The van der Waals surface area contributed by atoms with Gasteiger partial charge in [-0.1, -0.05) is 62.7 Å². The fourth-order valence-electron chi connectivity index (χ4n) is 4.20. The van der Waals surface area contributed by atoms with Crippen molar-refractivity contribution in [2.75, 3.05) is 24.8 Å². The first-order valence-electron chi connectivity index (χ1n) is 13.2. The highest BCUT2D eigenvalue weighted by atomic mass is 32.2. The molecule has 0 saturated carbocycles. The van der Waals surface area contributed by atoms with Crippen molar-refractivity contribution in [2.24, 2.45) is 0 Å². The fraction of sp³-hybridized carbons (Fsp3) is 0.414. The van der Waals surface area contributed by atoms with Crippen molar-refractivity contribution in [1.29, 1.82) is 0 Å². The van der Waals surface area contributed by atoms with Crippen molar-refractivity contribution in [3.05, 3.63) is 70.7 Å². The van der Waals surface area contributed by atoms with E-state index in [1.165, 1.54) is 6.07 Å². The zero-order chi connectivity index (χ0) is 27.8. The third kappa shape index (κ3) is 6.73. The number of ether oxygens (including phenoxy) is 3. The smallest absolute Gasteiger partial charge is 0.338 e. The Morgan fingerprint density at radius 3 is 2.67 bits per heavy atom. The Labute approximate surface area is 232 Å². The van der Waals surface area contributed by atoms with Crippen LogP contribution in [-0.2, 0) is 16.1 Å². The van der Waals surface area contributed by atoms with Crippen molar-refractivity contribution in [3.8, 4) is 11.5 Å². The molecular weight excluding hydrogens is 519 g/mol. The van der Waals surface area contributed by atoms with E-state index >= 15 is 0 Å². The van der Waals surface area contributed by atoms with Gasteiger partial charge < -0.3 is 19.5 Å². The molecule has 0 aliphatic carbocycles. The van der Waals surface area contributed by atoms with Gasteiger partial charge in [0.1, 0.15) is 18.5 Å². The molecule has 0 fully saturated rings. The predicted molar refractivity (Wildman–Crippen MR) is 150 cm³/mol. The molecule has 1 aliphatic heterocycles. The molecule has 1 aromatic heterocycles. The van der Waals surface area contributed by atoms with Gasteiger partial charge in [0.25, 0.3) is 0 Å². The van der Waals surface area contributed by atoms with Gasteiger partial charge in [-0.25, -0.2) is 13.9 Å². The molecule has 10 heteroatoms. The number of esters is 1. The lowest BCUT2D eigenvalue weighted by Gasteiger charge is -2.28. The van der Waals surface area contributed by atoms with E-state index in [1.807, 2.05) is 26.0 Å². The lowest BCUT2D eigenvalue weighted by atomic mass is 9.95. The second-order valence-electron chi connectivity index (χ2n) is 9.21. The number of aromatic nitrogens is 3. The van der Waals surface area contributed by atoms with Gasteiger partial charge in [-0.15, -0.1) is 5.10 Å². The van der Waals surface area contributed by atoms with Gasteiger partial charge in [0.2, 0.25) is 11.1 Å². The Morgan fingerprint density at radius 1 is 1.13 bits per heavy atom. The number of carbonyl (C=O) groups excluding carboxylic acids is 1. The number of hydrogen-bond acceptors (Lipinski definition) is 8. The molecule has 0 spiro atoms. The maximum Gasteiger partial charge on any atom is 0.338 e. The number of benzene rings is 2. The minimum atomic E-state index is -0.585. The molecule has 3 aromatic rings. The molecule has 1 aliphatic rings. The van der Waals surface area contributed by atoms with E-state index in [9.17, 15) is 9.18 Å². The highest BCUT2D eigenvalue weighted by molar-refractivity contribution is 7.99. The van der Waals surface area contributed by atoms with Crippen LogP contribution in [0.25, 0.3) is 0 Å². The van der Waals surface area contributed by atoms with Gasteiger partial charge >= 0.3 is 5.97 Å². The van der Waals surface area contributed by atoms with Gasteiger partial charge in [-0.05, 0) is 43.5 Å². The first-order valence-corrected chi connectivity index (χ1v) is 14.2. The lowest BCUT2D eigenvalue weighted by Crippen LogP contribution is -2.29. The summed E-state index contributed by atoms with van der Waals surface area (Å²) in [4.78, 5) is 18.0. The Kier molecular flexibility index (Phi) is 9.86. The largest absolute Gasteiger partial charge is 0.493 e. The summed E-state index contributed by atoms with van der Waals surface area (Å²) >= 11 is 1.59. The average Bonchev–Trinajstić information content (AvgIpc) is 3.34. The quantitative estimate of drug-likeness (QED) is 0.145. The highest BCUT2D eigenvalue weighted by Crippen LogP contribution is 2.40. The number of halogens is 1. The molecule has 2 heterocycles. The highest BCUT2D eigenvalue weighted by Gasteiger charge is 2.35. The van der Waals surface area contributed by atoms with E-state index in [0.29, 0.717) is 46.0 Å². The third-order valence-corrected chi connectivity index (χ3v) is 7.28. The Bertz CT molecular complexity index is 1330. The number of fused-ring (bicyclic) bond motifs is 1. The average molecular weight is 555 g/mol. The van der Waals surface area contributed by atoms with E-state index < -0.39 is 12.0 Å². The van der Waals surface area contributed by atoms with Crippen LogP contribution in [0.2, 0.25) is 0 Å². The van der Waals surface area contributed by atoms with Crippen molar-refractivity contribution in [3.63, 3.8) is 0 Å². The van der Waals surface area contributed by atoms with Crippen LogP contribution < -0.4 is 14.8 Å². The van der Waals surface area contributed by atoms with Gasteiger partial charge in [-0.2, -0.15) is 4.98 Å². The molecule has 8 nitrogen and oxygen atoms in total. The number of allylic oxidation sites excluding steroid dienone is 1. The number of rotatable bonds is 13. The van der Waals surface area contributed by atoms with E-state index in [1.54, 1.807) is 47.8 Å². The van der Waals surface area contributed by atoms with Gasteiger partial charge in [0, 0.05) is 17.0 Å². The molecule has 0 amide bonds. The second kappa shape index (κ2) is 13.5. The molecule has 208 valence electrons. The van der Waals surface area contributed by atoms with Gasteiger partial charge in [0.05, 0.1) is 19.3 Å². The zero-order valence-corrected chi connectivity index (χ0v) is 23.6. The molecule has 4 rings (SSSR count). The van der Waals surface area contributed by atoms with Crippen LogP contribution in [0.3, 0.4) is 0 Å². The van der Waals surface area contributed by atoms with Crippen LogP contribution in [0.4, 0.5) is 10.3 Å². The number of unbranched alkanes of at least 4 members (excludes halogenated alkanes) is 2. The SMILES string of the molecule is CCCCOC(=O)C1=C(C)Nc2nc(SCCCC)nn2C1c1ccc(OCc2ccccc2F)c(OC)c1. The Morgan fingerprint density at radius 2 is 1.92 bits per heavy atom. The maximum atomic E-state index is 14.1. The molecule has 0 saturated heterocycles. The molecule has 0 radical (unpaired) electrons. The van der Waals surface area contributed by atoms with Crippen LogP contribution in [0.15, 0.2) is 58.9 Å². The summed E-state index contributed by atoms with van der Waals surface area (Å²) < 4.78 is 33.0. The first kappa shape index (κ1) is 28.5. The van der Waals surface area contributed by atoms with Crippen LogP contribution in [-0.4, -0.2) is 40.2 Å². The summed E-state index contributed by atoms with van der Waals surface area (Å²) in [5.74, 6) is 1.64. The summed E-state index contributed by atoms with van der Waals surface area (Å²) in [7, 11) is 1.54. The van der Waals surface area contributed by atoms with Crippen LogP contribution in [0, 0.1) is 5.82 Å². The number of nitrogens with one attached hydrogen (secondary N) is 1. The zero-order valence-electron chi connectivity index (χ0n) is 22.8. The predicted octanol–water partition coefficient (Wildman–Crippen LogP) is 6.53. The Hall–Kier alpha value is -3.53. The molecule has 39 heavy (non-hydrogen) atoms. The van der Waals surface area contributed by atoms with E-state index in [2.05, 4.69) is 17.2 Å². The van der Waals surface area contributed by atoms with Gasteiger partial charge in [-0.3, -0.25) is 0 Å². The van der Waals surface area contributed by atoms with Gasteiger partial charge in [0.15, 0.2) is 11.5 Å². The van der Waals surface area contributed by atoms with Crippen LogP contribution in [0.5, 0.6) is 11.5 Å².